The number of hydrogen-bond donors (Lipinski definition) is 1. The Morgan fingerprint density at radius 3 is 1.91 bits per heavy atom. The van der Waals surface area contributed by atoms with Gasteiger partial charge in [0.25, 0.3) is 0 Å². The molecule has 4 atom stereocenters. The van der Waals surface area contributed by atoms with E-state index in [9.17, 15) is 14.7 Å². The highest BCUT2D eigenvalue weighted by molar-refractivity contribution is 8.00. The molecule has 3 aromatic carbocycles. The Hall–Kier alpha value is -3.13. The van der Waals surface area contributed by atoms with Crippen molar-refractivity contribution in [3.05, 3.63) is 108 Å². The van der Waals surface area contributed by atoms with Gasteiger partial charge in [0.15, 0.2) is 0 Å². The predicted molar refractivity (Wildman–Crippen MR) is 125 cm³/mol. The monoisotopic (exact) mass is 464 g/mol. The molecule has 0 spiro atoms. The van der Waals surface area contributed by atoms with E-state index in [1.165, 1.54) is 11.8 Å². The number of aliphatic hydroxyl groups is 1. The number of esters is 2. The molecule has 1 saturated heterocycles. The number of benzene rings is 3. The normalized spacial score (nSPS) is 22.0. The molecule has 1 heterocycles. The number of carbonyl (C=O) groups excluding carboxylic acids is 2. The first-order valence-electron chi connectivity index (χ1n) is 10.6. The Morgan fingerprint density at radius 2 is 1.30 bits per heavy atom. The second-order valence-electron chi connectivity index (χ2n) is 7.53. The Balaban J connectivity index is 1.47. The molecule has 1 fully saturated rings. The van der Waals surface area contributed by atoms with Gasteiger partial charge in [-0.2, -0.15) is 0 Å². The fraction of sp³-hybridized carbons (Fsp3) is 0.231. The van der Waals surface area contributed by atoms with Gasteiger partial charge in [0.2, 0.25) is 0 Å². The molecule has 2 unspecified atom stereocenters. The molecule has 33 heavy (non-hydrogen) atoms. The molecule has 0 aromatic heterocycles. The van der Waals surface area contributed by atoms with Crippen LogP contribution in [0.25, 0.3) is 0 Å². The lowest BCUT2D eigenvalue weighted by molar-refractivity contribution is -0.0821. The van der Waals surface area contributed by atoms with Gasteiger partial charge in [0.05, 0.1) is 23.0 Å². The van der Waals surface area contributed by atoms with Crippen molar-refractivity contribution >= 4 is 23.7 Å². The highest BCUT2D eigenvalue weighted by Crippen LogP contribution is 2.38. The summed E-state index contributed by atoms with van der Waals surface area (Å²) in [6.07, 6.45) is -1.58. The maximum Gasteiger partial charge on any atom is 0.338 e. The van der Waals surface area contributed by atoms with Crippen molar-refractivity contribution in [3.8, 4) is 0 Å². The lowest BCUT2D eigenvalue weighted by Gasteiger charge is -2.25. The number of rotatable bonds is 8. The van der Waals surface area contributed by atoms with Gasteiger partial charge in [0, 0.05) is 0 Å². The van der Waals surface area contributed by atoms with E-state index in [4.69, 9.17) is 14.2 Å². The smallest absolute Gasteiger partial charge is 0.338 e. The maximum atomic E-state index is 12.8. The van der Waals surface area contributed by atoms with Crippen LogP contribution in [0.2, 0.25) is 0 Å². The molecule has 4 rings (SSSR count). The molecule has 0 radical (unpaired) electrons. The fourth-order valence-electron chi connectivity index (χ4n) is 3.51. The zero-order chi connectivity index (χ0) is 23.0. The summed E-state index contributed by atoms with van der Waals surface area (Å²) in [5.74, 6) is -1.00. The van der Waals surface area contributed by atoms with Crippen LogP contribution in [-0.4, -0.2) is 46.5 Å². The van der Waals surface area contributed by atoms with E-state index in [0.717, 1.165) is 5.56 Å². The third-order valence-corrected chi connectivity index (χ3v) is 6.51. The summed E-state index contributed by atoms with van der Waals surface area (Å²) in [6.45, 7) is 0.215. The molecule has 1 aliphatic rings. The van der Waals surface area contributed by atoms with E-state index in [0.29, 0.717) is 11.1 Å². The van der Waals surface area contributed by atoms with Crippen LogP contribution in [0.4, 0.5) is 0 Å². The highest BCUT2D eigenvalue weighted by atomic mass is 32.2. The fourth-order valence-corrected chi connectivity index (χ4v) is 4.77. The van der Waals surface area contributed by atoms with Crippen molar-refractivity contribution in [2.75, 3.05) is 6.61 Å². The minimum atomic E-state index is -0.942. The second-order valence-corrected chi connectivity index (χ2v) is 8.89. The topological polar surface area (TPSA) is 82.1 Å². The summed E-state index contributed by atoms with van der Waals surface area (Å²) in [7, 11) is 0. The Morgan fingerprint density at radius 1 is 0.758 bits per heavy atom. The van der Waals surface area contributed by atoms with E-state index < -0.39 is 34.8 Å². The Kier molecular flexibility index (Phi) is 7.78. The van der Waals surface area contributed by atoms with Gasteiger partial charge < -0.3 is 19.3 Å². The van der Waals surface area contributed by atoms with Crippen molar-refractivity contribution in [3.63, 3.8) is 0 Å². The van der Waals surface area contributed by atoms with Crippen LogP contribution in [0.1, 0.15) is 26.3 Å². The summed E-state index contributed by atoms with van der Waals surface area (Å²) < 4.78 is 17.2. The third-order valence-electron chi connectivity index (χ3n) is 5.21. The van der Waals surface area contributed by atoms with Gasteiger partial charge in [-0.25, -0.2) is 9.59 Å². The average molecular weight is 465 g/mol. The van der Waals surface area contributed by atoms with Crippen molar-refractivity contribution in [2.45, 2.75) is 29.5 Å². The molecule has 6 nitrogen and oxygen atoms in total. The molecule has 7 heteroatoms. The molecule has 170 valence electrons. The van der Waals surface area contributed by atoms with Gasteiger partial charge in [-0.3, -0.25) is 0 Å². The number of carbonyl (C=O) groups is 2. The number of thioether (sulfide) groups is 1. The number of ether oxygens (including phenoxy) is 3. The second kappa shape index (κ2) is 11.1. The molecule has 1 N–H and O–H groups in total. The van der Waals surface area contributed by atoms with E-state index in [1.807, 2.05) is 42.5 Å². The van der Waals surface area contributed by atoms with Crippen molar-refractivity contribution in [1.82, 2.24) is 0 Å². The maximum absolute atomic E-state index is 12.8. The molecule has 0 amide bonds. The van der Waals surface area contributed by atoms with Crippen molar-refractivity contribution in [1.29, 1.82) is 0 Å². The minimum absolute atomic E-state index is 0.0343. The molecule has 0 bridgehead atoms. The molecular weight excluding hydrogens is 440 g/mol. The Bertz CT molecular complexity index is 1040. The minimum Gasteiger partial charge on any atom is -0.461 e. The van der Waals surface area contributed by atoms with Crippen LogP contribution in [0.15, 0.2) is 91.0 Å². The quantitative estimate of drug-likeness (QED) is 0.503. The van der Waals surface area contributed by atoms with Gasteiger partial charge in [-0.1, -0.05) is 66.7 Å². The predicted octanol–water partition coefficient (Wildman–Crippen LogP) is 4.09. The van der Waals surface area contributed by atoms with E-state index in [-0.39, 0.29) is 13.2 Å². The molecule has 0 aliphatic carbocycles. The van der Waals surface area contributed by atoms with Gasteiger partial charge in [-0.15, -0.1) is 11.8 Å². The van der Waals surface area contributed by atoms with Crippen molar-refractivity contribution < 1.29 is 28.9 Å². The first-order chi connectivity index (χ1) is 16.1. The van der Waals surface area contributed by atoms with Crippen LogP contribution in [0.3, 0.4) is 0 Å². The van der Waals surface area contributed by atoms with Crippen LogP contribution < -0.4 is 0 Å². The molecule has 0 saturated carbocycles. The summed E-state index contributed by atoms with van der Waals surface area (Å²) in [5.41, 5.74) is 0.811. The zero-order valence-electron chi connectivity index (χ0n) is 17.8. The van der Waals surface area contributed by atoms with Crippen LogP contribution in [-0.2, 0) is 20.8 Å². The number of hydrogen-bond acceptors (Lipinski definition) is 7. The molecular formula is C26H24O6S. The first kappa shape index (κ1) is 23.0. The lowest BCUT2D eigenvalue weighted by atomic mass is 10.1. The molecule has 3 aromatic rings. The Labute approximate surface area is 196 Å². The highest BCUT2D eigenvalue weighted by Gasteiger charge is 2.47. The van der Waals surface area contributed by atoms with Crippen LogP contribution >= 0.6 is 11.8 Å². The standard InChI is InChI=1S/C26H24O6S/c27-24(19-12-6-2-7-13-19)31-17-21-22(32-25(28)20-14-8-3-9-15-20)23(26(29)33-21)30-16-18-10-4-1-5-11-18/h1-15,21-23,26,29H,16-17H2/t21-,22+,23?,26?/m1/s1. The van der Waals surface area contributed by atoms with Gasteiger partial charge in [-0.05, 0) is 29.8 Å². The SMILES string of the molecule is O=C(OC[C@H]1SC(O)C(OCc2ccccc2)[C@H]1OC(=O)c1ccccc1)c1ccccc1. The lowest BCUT2D eigenvalue weighted by Crippen LogP contribution is -2.40. The third kappa shape index (κ3) is 6.01. The van der Waals surface area contributed by atoms with E-state index in [1.54, 1.807) is 48.5 Å². The first-order valence-corrected chi connectivity index (χ1v) is 11.5. The molecule has 1 aliphatic heterocycles. The van der Waals surface area contributed by atoms with Crippen LogP contribution in [0.5, 0.6) is 0 Å². The summed E-state index contributed by atoms with van der Waals surface area (Å²) in [4.78, 5) is 25.1. The van der Waals surface area contributed by atoms with Crippen molar-refractivity contribution in [2.24, 2.45) is 0 Å². The van der Waals surface area contributed by atoms with E-state index in [2.05, 4.69) is 0 Å². The van der Waals surface area contributed by atoms with Gasteiger partial charge in [0.1, 0.15) is 24.3 Å². The zero-order valence-corrected chi connectivity index (χ0v) is 18.6. The largest absolute Gasteiger partial charge is 0.461 e. The summed E-state index contributed by atoms with van der Waals surface area (Å²) in [5, 5.41) is 10.2. The summed E-state index contributed by atoms with van der Waals surface area (Å²) in [6, 6.07) is 26.8. The van der Waals surface area contributed by atoms with Crippen LogP contribution in [0, 0.1) is 0 Å². The van der Waals surface area contributed by atoms with E-state index >= 15 is 0 Å². The summed E-state index contributed by atoms with van der Waals surface area (Å²) >= 11 is 1.17. The number of aliphatic hydroxyl groups excluding tert-OH is 1. The van der Waals surface area contributed by atoms with Gasteiger partial charge >= 0.3 is 11.9 Å². The average Bonchev–Trinajstić information content (AvgIpc) is 3.16.